The molecule has 0 saturated heterocycles. The van der Waals surface area contributed by atoms with Crippen molar-refractivity contribution in [1.29, 1.82) is 10.8 Å². The summed E-state index contributed by atoms with van der Waals surface area (Å²) in [5.41, 5.74) is 1.05. The SMILES string of the molecule is CC(=N)n1nc(C)ccc1=N. The molecule has 0 unspecified atom stereocenters. The van der Waals surface area contributed by atoms with Crippen molar-refractivity contribution < 1.29 is 0 Å². The molecule has 11 heavy (non-hydrogen) atoms. The zero-order valence-electron chi connectivity index (χ0n) is 6.55. The molecule has 0 atom stereocenters. The lowest BCUT2D eigenvalue weighted by molar-refractivity contribution is 0.785. The van der Waals surface area contributed by atoms with Crippen LogP contribution in [-0.2, 0) is 0 Å². The van der Waals surface area contributed by atoms with Crippen LogP contribution in [0.4, 0.5) is 0 Å². The standard InChI is InChI=1S/C7H10N4/c1-5-3-4-7(9)11(10-5)6(2)8/h3-4,8-9H,1-2H3. The van der Waals surface area contributed by atoms with Gasteiger partial charge in [0.05, 0.1) is 5.69 Å². The lowest BCUT2D eigenvalue weighted by Gasteiger charge is -2.01. The molecular weight excluding hydrogens is 140 g/mol. The quantitative estimate of drug-likeness (QED) is 0.411. The minimum Gasteiger partial charge on any atom is -0.287 e. The average molecular weight is 150 g/mol. The molecule has 0 bridgehead atoms. The Morgan fingerprint density at radius 3 is 2.64 bits per heavy atom. The van der Waals surface area contributed by atoms with Gasteiger partial charge in [-0.25, -0.2) is 4.68 Å². The van der Waals surface area contributed by atoms with Crippen molar-refractivity contribution in [3.63, 3.8) is 0 Å². The second kappa shape index (κ2) is 2.65. The summed E-state index contributed by atoms with van der Waals surface area (Å²) < 4.78 is 1.29. The Bertz CT molecular complexity index is 337. The van der Waals surface area contributed by atoms with E-state index in [2.05, 4.69) is 5.10 Å². The summed E-state index contributed by atoms with van der Waals surface area (Å²) in [7, 11) is 0. The number of hydrogen-bond acceptors (Lipinski definition) is 3. The van der Waals surface area contributed by atoms with Crippen LogP contribution in [-0.4, -0.2) is 15.6 Å². The normalized spacial score (nSPS) is 9.64. The first-order valence-corrected chi connectivity index (χ1v) is 3.28. The Labute approximate surface area is 64.5 Å². The van der Waals surface area contributed by atoms with Gasteiger partial charge < -0.3 is 0 Å². The molecule has 0 aliphatic rings. The fourth-order valence-electron chi connectivity index (χ4n) is 0.771. The van der Waals surface area contributed by atoms with E-state index in [-0.39, 0.29) is 11.3 Å². The van der Waals surface area contributed by atoms with Crippen LogP contribution >= 0.6 is 0 Å². The Morgan fingerprint density at radius 1 is 1.55 bits per heavy atom. The van der Waals surface area contributed by atoms with Gasteiger partial charge in [0.25, 0.3) is 0 Å². The molecule has 0 spiro atoms. The highest BCUT2D eigenvalue weighted by molar-refractivity contribution is 5.77. The van der Waals surface area contributed by atoms with Gasteiger partial charge in [0.15, 0.2) is 0 Å². The van der Waals surface area contributed by atoms with Crippen LogP contribution in [0.25, 0.3) is 0 Å². The third-order valence-corrected chi connectivity index (χ3v) is 1.29. The summed E-state index contributed by atoms with van der Waals surface area (Å²) in [5, 5.41) is 18.6. The number of hydrogen-bond donors (Lipinski definition) is 2. The van der Waals surface area contributed by atoms with Gasteiger partial charge in [-0.1, -0.05) is 0 Å². The van der Waals surface area contributed by atoms with E-state index < -0.39 is 0 Å². The van der Waals surface area contributed by atoms with E-state index in [0.717, 1.165) is 5.69 Å². The van der Waals surface area contributed by atoms with Gasteiger partial charge >= 0.3 is 0 Å². The molecule has 4 nitrogen and oxygen atoms in total. The Hall–Kier alpha value is -1.45. The van der Waals surface area contributed by atoms with E-state index >= 15 is 0 Å². The van der Waals surface area contributed by atoms with Crippen LogP contribution in [0.1, 0.15) is 12.6 Å². The molecule has 0 aliphatic carbocycles. The molecule has 1 heterocycles. The smallest absolute Gasteiger partial charge is 0.148 e. The lowest BCUT2D eigenvalue weighted by atomic mass is 10.4. The summed E-state index contributed by atoms with van der Waals surface area (Å²) in [5.74, 6) is 0.263. The number of nitrogens with zero attached hydrogens (tertiary/aromatic N) is 2. The zero-order valence-corrected chi connectivity index (χ0v) is 6.55. The van der Waals surface area contributed by atoms with Gasteiger partial charge in [-0.15, -0.1) is 0 Å². The minimum absolute atomic E-state index is 0.239. The van der Waals surface area contributed by atoms with Gasteiger partial charge in [-0.05, 0) is 26.0 Å². The van der Waals surface area contributed by atoms with Crippen molar-refractivity contribution in [2.75, 3.05) is 0 Å². The maximum atomic E-state index is 7.36. The molecule has 1 aromatic heterocycles. The number of rotatable bonds is 0. The first kappa shape index (κ1) is 7.65. The largest absolute Gasteiger partial charge is 0.287 e. The Morgan fingerprint density at radius 2 is 2.18 bits per heavy atom. The van der Waals surface area contributed by atoms with Crippen molar-refractivity contribution >= 4 is 5.84 Å². The molecule has 58 valence electrons. The first-order chi connectivity index (χ1) is 5.11. The predicted octanol–water partition coefficient (Wildman–Crippen LogP) is 0.516. The third kappa shape index (κ3) is 1.52. The second-order valence-electron chi connectivity index (χ2n) is 2.36. The fraction of sp³-hybridized carbons (Fsp3) is 0.286. The molecule has 2 N–H and O–H groups in total. The van der Waals surface area contributed by atoms with E-state index in [1.165, 1.54) is 4.68 Å². The van der Waals surface area contributed by atoms with Crippen molar-refractivity contribution in [2.24, 2.45) is 0 Å². The van der Waals surface area contributed by atoms with Gasteiger partial charge in [0.2, 0.25) is 0 Å². The van der Waals surface area contributed by atoms with Crippen molar-refractivity contribution in [2.45, 2.75) is 13.8 Å². The molecule has 0 fully saturated rings. The topological polar surface area (TPSA) is 65.5 Å². The number of aromatic nitrogens is 2. The van der Waals surface area contributed by atoms with Gasteiger partial charge in [-0.2, -0.15) is 5.10 Å². The van der Waals surface area contributed by atoms with E-state index in [1.807, 2.05) is 6.92 Å². The predicted molar refractivity (Wildman–Crippen MR) is 41.6 cm³/mol. The monoisotopic (exact) mass is 150 g/mol. The Balaban J connectivity index is 3.35. The van der Waals surface area contributed by atoms with Crippen LogP contribution in [0.3, 0.4) is 0 Å². The highest BCUT2D eigenvalue weighted by Gasteiger charge is 1.94. The molecule has 0 aliphatic heterocycles. The van der Waals surface area contributed by atoms with Crippen LogP contribution in [0.5, 0.6) is 0 Å². The van der Waals surface area contributed by atoms with Crippen molar-refractivity contribution in [3.8, 4) is 0 Å². The maximum absolute atomic E-state index is 7.36. The van der Waals surface area contributed by atoms with Crippen LogP contribution in [0.15, 0.2) is 12.1 Å². The van der Waals surface area contributed by atoms with E-state index in [0.29, 0.717) is 0 Å². The fourth-order valence-corrected chi connectivity index (χ4v) is 0.771. The maximum Gasteiger partial charge on any atom is 0.148 e. The van der Waals surface area contributed by atoms with Crippen LogP contribution in [0, 0.1) is 17.7 Å². The molecule has 0 aromatic carbocycles. The molecule has 0 amide bonds. The molecule has 1 rings (SSSR count). The zero-order chi connectivity index (χ0) is 8.43. The Kier molecular flexibility index (Phi) is 1.85. The highest BCUT2D eigenvalue weighted by Crippen LogP contribution is 1.84. The summed E-state index contributed by atoms with van der Waals surface area (Å²) in [6.45, 7) is 3.43. The number of aryl methyl sites for hydroxylation is 1. The summed E-state index contributed by atoms with van der Waals surface area (Å²) in [6, 6.07) is 3.38. The van der Waals surface area contributed by atoms with Crippen molar-refractivity contribution in [3.05, 3.63) is 23.3 Å². The van der Waals surface area contributed by atoms with Gasteiger partial charge in [0, 0.05) is 0 Å². The lowest BCUT2D eigenvalue weighted by Crippen LogP contribution is -2.27. The highest BCUT2D eigenvalue weighted by atomic mass is 15.3. The first-order valence-electron chi connectivity index (χ1n) is 3.28. The molecule has 4 heteroatoms. The van der Waals surface area contributed by atoms with E-state index in [1.54, 1.807) is 19.1 Å². The number of nitrogens with one attached hydrogen (secondary N) is 2. The molecular formula is C7H10N4. The van der Waals surface area contributed by atoms with E-state index in [9.17, 15) is 0 Å². The van der Waals surface area contributed by atoms with Crippen LogP contribution in [0.2, 0.25) is 0 Å². The molecule has 0 radical (unpaired) electrons. The third-order valence-electron chi connectivity index (χ3n) is 1.29. The summed E-state index contributed by atoms with van der Waals surface area (Å²) in [6.07, 6.45) is 0. The minimum atomic E-state index is 0.239. The average Bonchev–Trinajstić information content (AvgIpc) is 1.94. The van der Waals surface area contributed by atoms with Crippen LogP contribution < -0.4 is 5.49 Å². The van der Waals surface area contributed by atoms with Gasteiger partial charge in [-0.3, -0.25) is 10.8 Å². The molecule has 1 aromatic rings. The van der Waals surface area contributed by atoms with E-state index in [4.69, 9.17) is 10.8 Å². The van der Waals surface area contributed by atoms with Crippen molar-refractivity contribution in [1.82, 2.24) is 9.78 Å². The molecule has 0 saturated carbocycles. The van der Waals surface area contributed by atoms with Gasteiger partial charge in [0.1, 0.15) is 11.3 Å². The summed E-state index contributed by atoms with van der Waals surface area (Å²) in [4.78, 5) is 0. The second-order valence-corrected chi connectivity index (χ2v) is 2.36. The summed E-state index contributed by atoms with van der Waals surface area (Å²) >= 11 is 0.